The van der Waals surface area contributed by atoms with Crippen LogP contribution in [-0.4, -0.2) is 4.98 Å². The van der Waals surface area contributed by atoms with Crippen molar-refractivity contribution in [3.63, 3.8) is 0 Å². The summed E-state index contributed by atoms with van der Waals surface area (Å²) >= 11 is 4.90. The number of fused-ring (bicyclic) bond motifs is 1. The first kappa shape index (κ1) is 7.06. The lowest BCUT2D eigenvalue weighted by atomic mass is 10.3. The van der Waals surface area contributed by atoms with E-state index in [1.807, 2.05) is 18.2 Å². The standard InChI is InChI=1S/C7H5BrN2S/c8-7-10-6-4(9)2-1-3-5(6)11-7/h1-3H,9H2. The number of rotatable bonds is 0. The van der Waals surface area contributed by atoms with E-state index in [2.05, 4.69) is 20.9 Å². The molecule has 4 heteroatoms. The number of thiazole rings is 1. The van der Waals surface area contributed by atoms with E-state index in [9.17, 15) is 0 Å². The van der Waals surface area contributed by atoms with Gasteiger partial charge in [0.1, 0.15) is 5.52 Å². The Bertz CT molecular complexity index is 396. The van der Waals surface area contributed by atoms with Crippen LogP contribution in [0.2, 0.25) is 0 Å². The smallest absolute Gasteiger partial charge is 0.160 e. The molecule has 2 N–H and O–H groups in total. The van der Waals surface area contributed by atoms with Crippen LogP contribution in [0.1, 0.15) is 0 Å². The minimum Gasteiger partial charge on any atom is -0.397 e. The Morgan fingerprint density at radius 2 is 2.27 bits per heavy atom. The molecule has 0 atom stereocenters. The molecule has 0 bridgehead atoms. The summed E-state index contributed by atoms with van der Waals surface area (Å²) in [4.78, 5) is 4.22. The van der Waals surface area contributed by atoms with Crippen LogP contribution in [0.3, 0.4) is 0 Å². The number of anilines is 1. The third kappa shape index (κ3) is 1.12. The Morgan fingerprint density at radius 1 is 1.45 bits per heavy atom. The second-order valence-corrected chi connectivity index (χ2v) is 4.47. The lowest BCUT2D eigenvalue weighted by Crippen LogP contribution is -1.84. The molecule has 2 nitrogen and oxygen atoms in total. The van der Waals surface area contributed by atoms with Gasteiger partial charge < -0.3 is 5.73 Å². The average Bonchev–Trinajstić information content (AvgIpc) is 2.31. The van der Waals surface area contributed by atoms with Crippen LogP contribution in [-0.2, 0) is 0 Å². The molecule has 0 unspecified atom stereocenters. The van der Waals surface area contributed by atoms with Crippen LogP contribution in [0.15, 0.2) is 22.1 Å². The van der Waals surface area contributed by atoms with Crippen molar-refractivity contribution in [2.24, 2.45) is 0 Å². The Balaban J connectivity index is 2.90. The van der Waals surface area contributed by atoms with Crippen molar-refractivity contribution in [1.29, 1.82) is 0 Å². The van der Waals surface area contributed by atoms with Crippen LogP contribution >= 0.6 is 27.3 Å². The van der Waals surface area contributed by atoms with Crippen LogP contribution in [0.5, 0.6) is 0 Å². The zero-order valence-corrected chi connectivity index (χ0v) is 7.95. The van der Waals surface area contributed by atoms with Crippen LogP contribution in [0, 0.1) is 0 Å². The first-order chi connectivity index (χ1) is 5.27. The van der Waals surface area contributed by atoms with Crippen molar-refractivity contribution < 1.29 is 0 Å². The van der Waals surface area contributed by atoms with Gasteiger partial charge in [-0.25, -0.2) is 4.98 Å². The second kappa shape index (κ2) is 2.46. The zero-order valence-electron chi connectivity index (χ0n) is 5.54. The van der Waals surface area contributed by atoms with E-state index in [4.69, 9.17) is 5.73 Å². The number of para-hydroxylation sites is 1. The van der Waals surface area contributed by atoms with Gasteiger partial charge in [-0.2, -0.15) is 0 Å². The largest absolute Gasteiger partial charge is 0.397 e. The van der Waals surface area contributed by atoms with Crippen molar-refractivity contribution >= 4 is 43.2 Å². The van der Waals surface area contributed by atoms with E-state index in [0.29, 0.717) is 0 Å². The molecule has 0 aliphatic rings. The maximum Gasteiger partial charge on any atom is 0.160 e. The normalized spacial score (nSPS) is 10.6. The summed E-state index contributed by atoms with van der Waals surface area (Å²) in [5, 5.41) is 0. The first-order valence-electron chi connectivity index (χ1n) is 3.08. The molecule has 1 aromatic carbocycles. The molecule has 0 spiro atoms. The molecule has 0 aliphatic carbocycles. The fourth-order valence-corrected chi connectivity index (χ4v) is 2.37. The molecule has 56 valence electrons. The van der Waals surface area contributed by atoms with Gasteiger partial charge in [-0.05, 0) is 28.1 Å². The van der Waals surface area contributed by atoms with Crippen LogP contribution in [0.25, 0.3) is 10.2 Å². The molecule has 2 rings (SSSR count). The lowest BCUT2D eigenvalue weighted by molar-refractivity contribution is 1.45. The van der Waals surface area contributed by atoms with Gasteiger partial charge in [0.15, 0.2) is 3.92 Å². The van der Waals surface area contributed by atoms with Gasteiger partial charge in [-0.1, -0.05) is 6.07 Å². The number of nitrogens with two attached hydrogens (primary N) is 1. The topological polar surface area (TPSA) is 38.9 Å². The quantitative estimate of drug-likeness (QED) is 0.705. The molecule has 1 aromatic heterocycles. The molecule has 0 aliphatic heterocycles. The average molecular weight is 229 g/mol. The SMILES string of the molecule is Nc1cccc2sc(Br)nc12. The number of nitrogens with zero attached hydrogens (tertiary/aromatic N) is 1. The highest BCUT2D eigenvalue weighted by atomic mass is 79.9. The van der Waals surface area contributed by atoms with Gasteiger partial charge in [0.25, 0.3) is 0 Å². The van der Waals surface area contributed by atoms with E-state index in [0.717, 1.165) is 19.8 Å². The fourth-order valence-electron chi connectivity index (χ4n) is 0.943. The Kier molecular flexibility index (Phi) is 1.58. The Morgan fingerprint density at radius 3 is 3.00 bits per heavy atom. The molecule has 11 heavy (non-hydrogen) atoms. The predicted molar refractivity (Wildman–Crippen MR) is 51.7 cm³/mol. The summed E-state index contributed by atoms with van der Waals surface area (Å²) in [7, 11) is 0. The number of benzene rings is 1. The van der Waals surface area contributed by atoms with Crippen LogP contribution in [0.4, 0.5) is 5.69 Å². The Hall–Kier alpha value is -0.610. The van der Waals surface area contributed by atoms with Gasteiger partial charge in [0.2, 0.25) is 0 Å². The number of halogens is 1. The van der Waals surface area contributed by atoms with E-state index >= 15 is 0 Å². The molecular weight excluding hydrogens is 224 g/mol. The van der Waals surface area contributed by atoms with Gasteiger partial charge in [0.05, 0.1) is 10.4 Å². The van der Waals surface area contributed by atoms with Gasteiger partial charge in [-0.3, -0.25) is 0 Å². The molecule has 0 radical (unpaired) electrons. The molecule has 2 aromatic rings. The van der Waals surface area contributed by atoms with Gasteiger partial charge in [0, 0.05) is 0 Å². The van der Waals surface area contributed by atoms with Crippen molar-refractivity contribution in [3.05, 3.63) is 22.1 Å². The molecular formula is C7H5BrN2S. The summed E-state index contributed by atoms with van der Waals surface area (Å²) in [6.45, 7) is 0. The van der Waals surface area contributed by atoms with E-state index in [1.54, 1.807) is 11.3 Å². The highest BCUT2D eigenvalue weighted by Gasteiger charge is 2.02. The van der Waals surface area contributed by atoms with Crippen LogP contribution < -0.4 is 5.73 Å². The highest BCUT2D eigenvalue weighted by Crippen LogP contribution is 2.28. The first-order valence-corrected chi connectivity index (χ1v) is 4.69. The fraction of sp³-hybridized carbons (Fsp3) is 0. The minimum atomic E-state index is 0.740. The summed E-state index contributed by atoms with van der Waals surface area (Å²) in [6.07, 6.45) is 0. The number of hydrogen-bond acceptors (Lipinski definition) is 3. The van der Waals surface area contributed by atoms with Crippen molar-refractivity contribution in [2.75, 3.05) is 5.73 Å². The maximum absolute atomic E-state index is 5.69. The third-order valence-corrected chi connectivity index (χ3v) is 2.90. The monoisotopic (exact) mass is 228 g/mol. The molecule has 0 saturated carbocycles. The van der Waals surface area contributed by atoms with Gasteiger partial charge in [-0.15, -0.1) is 11.3 Å². The molecule has 1 heterocycles. The van der Waals surface area contributed by atoms with E-state index in [-0.39, 0.29) is 0 Å². The second-order valence-electron chi connectivity index (χ2n) is 2.16. The van der Waals surface area contributed by atoms with Crippen molar-refractivity contribution in [1.82, 2.24) is 4.98 Å². The summed E-state index contributed by atoms with van der Waals surface area (Å²) < 4.78 is 2.00. The molecule has 0 amide bonds. The van der Waals surface area contributed by atoms with Crippen molar-refractivity contribution in [3.8, 4) is 0 Å². The van der Waals surface area contributed by atoms with E-state index in [1.165, 1.54) is 0 Å². The number of nitrogen functional groups attached to an aromatic ring is 1. The van der Waals surface area contributed by atoms with E-state index < -0.39 is 0 Å². The summed E-state index contributed by atoms with van der Waals surface area (Å²) in [5.74, 6) is 0. The summed E-state index contributed by atoms with van der Waals surface area (Å²) in [6, 6.07) is 5.80. The molecule has 0 saturated heterocycles. The van der Waals surface area contributed by atoms with Gasteiger partial charge >= 0.3 is 0 Å². The minimum absolute atomic E-state index is 0.740. The highest BCUT2D eigenvalue weighted by molar-refractivity contribution is 9.11. The number of aromatic nitrogens is 1. The lowest BCUT2D eigenvalue weighted by Gasteiger charge is -1.90. The predicted octanol–water partition coefficient (Wildman–Crippen LogP) is 2.64. The Labute approximate surface area is 76.2 Å². The maximum atomic E-state index is 5.69. The van der Waals surface area contributed by atoms with Crippen molar-refractivity contribution in [2.45, 2.75) is 0 Å². The third-order valence-electron chi connectivity index (χ3n) is 1.42. The summed E-state index contributed by atoms with van der Waals surface area (Å²) in [5.41, 5.74) is 7.33. The molecule has 0 fully saturated rings. The number of hydrogen-bond donors (Lipinski definition) is 1. The zero-order chi connectivity index (χ0) is 7.84.